The third-order valence-electron chi connectivity index (χ3n) is 5.39. The maximum absolute atomic E-state index is 11.4. The average Bonchev–Trinajstić information content (AvgIpc) is 3.32. The molecule has 1 aromatic heterocycles. The van der Waals surface area contributed by atoms with E-state index in [9.17, 15) is 4.79 Å². The second-order valence-electron chi connectivity index (χ2n) is 6.95. The van der Waals surface area contributed by atoms with Crippen LogP contribution in [-0.4, -0.2) is 11.5 Å². The van der Waals surface area contributed by atoms with E-state index in [1.54, 1.807) is 6.07 Å². The van der Waals surface area contributed by atoms with Gasteiger partial charge in [-0.3, -0.25) is 4.79 Å². The zero-order chi connectivity index (χ0) is 13.5. The molecule has 0 radical (unpaired) electrons. The van der Waals surface area contributed by atoms with Gasteiger partial charge in [0.05, 0.1) is 0 Å². The van der Waals surface area contributed by atoms with E-state index in [0.29, 0.717) is 6.04 Å². The van der Waals surface area contributed by atoms with E-state index in [2.05, 4.69) is 10.3 Å². The lowest BCUT2D eigenvalue weighted by molar-refractivity contribution is 0.341. The van der Waals surface area contributed by atoms with Gasteiger partial charge in [-0.1, -0.05) is 6.07 Å². The number of rotatable bonds is 5. The quantitative estimate of drug-likeness (QED) is 0.865. The number of aryl methyl sites for hydroxylation is 1. The molecule has 1 aromatic rings. The Bertz CT molecular complexity index is 530. The fraction of sp³-hybridized carbons (Fsp3) is 0.706. The fourth-order valence-electron chi connectivity index (χ4n) is 3.96. The van der Waals surface area contributed by atoms with Gasteiger partial charge in [-0.2, -0.15) is 0 Å². The molecule has 108 valence electrons. The van der Waals surface area contributed by atoms with Crippen molar-refractivity contribution in [3.8, 4) is 0 Å². The van der Waals surface area contributed by atoms with Gasteiger partial charge in [-0.15, -0.1) is 0 Å². The molecule has 0 spiro atoms. The van der Waals surface area contributed by atoms with E-state index in [1.807, 2.05) is 6.07 Å². The van der Waals surface area contributed by atoms with Crippen molar-refractivity contribution in [2.45, 2.75) is 51.0 Å². The maximum atomic E-state index is 11.4. The van der Waals surface area contributed by atoms with Crippen LogP contribution in [-0.2, 0) is 6.42 Å². The molecule has 0 bridgehead atoms. The van der Waals surface area contributed by atoms with Crippen LogP contribution in [0.2, 0.25) is 0 Å². The predicted octanol–water partition coefficient (Wildman–Crippen LogP) is 2.78. The Kier molecular flexibility index (Phi) is 3.18. The van der Waals surface area contributed by atoms with Crippen molar-refractivity contribution in [3.05, 3.63) is 33.7 Å². The van der Waals surface area contributed by atoms with Crippen LogP contribution in [0.5, 0.6) is 0 Å². The van der Waals surface area contributed by atoms with Crippen molar-refractivity contribution in [3.63, 3.8) is 0 Å². The highest BCUT2D eigenvalue weighted by Crippen LogP contribution is 2.49. The summed E-state index contributed by atoms with van der Waals surface area (Å²) in [6.45, 7) is 1.18. The second kappa shape index (κ2) is 5.03. The first-order valence-corrected chi connectivity index (χ1v) is 8.27. The number of hydrogen-bond acceptors (Lipinski definition) is 2. The largest absolute Gasteiger partial charge is 0.326 e. The zero-order valence-electron chi connectivity index (χ0n) is 12.0. The fourth-order valence-corrected chi connectivity index (χ4v) is 3.96. The van der Waals surface area contributed by atoms with Crippen molar-refractivity contribution < 1.29 is 0 Å². The molecule has 1 atom stereocenters. The van der Waals surface area contributed by atoms with Crippen molar-refractivity contribution >= 4 is 0 Å². The molecule has 3 aliphatic carbocycles. The van der Waals surface area contributed by atoms with E-state index in [-0.39, 0.29) is 5.56 Å². The van der Waals surface area contributed by atoms with E-state index in [4.69, 9.17) is 0 Å². The molecule has 20 heavy (non-hydrogen) atoms. The third kappa shape index (κ3) is 2.56. The Hall–Kier alpha value is -1.09. The SMILES string of the molecule is O=c1ccc2c([nH]1)CCCC2NCC(C1CC1)C1CC1. The van der Waals surface area contributed by atoms with Gasteiger partial charge in [0.25, 0.3) is 0 Å². The molecule has 2 saturated carbocycles. The smallest absolute Gasteiger partial charge is 0.248 e. The zero-order valence-corrected chi connectivity index (χ0v) is 12.0. The van der Waals surface area contributed by atoms with Crippen molar-refractivity contribution in [1.29, 1.82) is 0 Å². The number of fused-ring (bicyclic) bond motifs is 1. The van der Waals surface area contributed by atoms with Gasteiger partial charge >= 0.3 is 0 Å². The van der Waals surface area contributed by atoms with E-state index < -0.39 is 0 Å². The first-order valence-electron chi connectivity index (χ1n) is 8.27. The highest BCUT2D eigenvalue weighted by Gasteiger charge is 2.41. The standard InChI is InChI=1S/C17H24N2O/c20-17-9-8-13-15(2-1-3-16(13)19-17)18-10-14(11-4-5-11)12-6-7-12/h8-9,11-12,14-15,18H,1-7,10H2,(H,19,20). The summed E-state index contributed by atoms with van der Waals surface area (Å²) >= 11 is 0. The molecule has 0 aromatic carbocycles. The Balaban J connectivity index is 1.45. The van der Waals surface area contributed by atoms with Crippen LogP contribution in [0.25, 0.3) is 0 Å². The summed E-state index contributed by atoms with van der Waals surface area (Å²) < 4.78 is 0. The number of nitrogens with one attached hydrogen (secondary N) is 2. The molecule has 3 aliphatic rings. The van der Waals surface area contributed by atoms with Gasteiger partial charge in [0.2, 0.25) is 5.56 Å². The lowest BCUT2D eigenvalue weighted by atomic mass is 9.90. The van der Waals surface area contributed by atoms with Crippen LogP contribution >= 0.6 is 0 Å². The summed E-state index contributed by atoms with van der Waals surface area (Å²) in [6.07, 6.45) is 9.24. The Morgan fingerprint density at radius 1 is 1.15 bits per heavy atom. The van der Waals surface area contributed by atoms with Gasteiger partial charge < -0.3 is 10.3 Å². The number of H-pyrrole nitrogens is 1. The summed E-state index contributed by atoms with van der Waals surface area (Å²) in [7, 11) is 0. The topological polar surface area (TPSA) is 44.9 Å². The summed E-state index contributed by atoms with van der Waals surface area (Å²) in [6, 6.07) is 4.17. The Labute approximate surface area is 120 Å². The molecule has 2 fully saturated rings. The first kappa shape index (κ1) is 12.6. The Morgan fingerprint density at radius 3 is 2.60 bits per heavy atom. The number of aromatic amines is 1. The highest BCUT2D eigenvalue weighted by atomic mass is 16.1. The molecule has 0 amide bonds. The minimum atomic E-state index is 0.0400. The lowest BCUT2D eigenvalue weighted by Crippen LogP contribution is -2.32. The molecule has 4 rings (SSSR count). The molecular formula is C17H24N2O. The monoisotopic (exact) mass is 272 g/mol. The lowest BCUT2D eigenvalue weighted by Gasteiger charge is -2.28. The van der Waals surface area contributed by atoms with Gasteiger partial charge in [0.15, 0.2) is 0 Å². The summed E-state index contributed by atoms with van der Waals surface area (Å²) in [4.78, 5) is 14.5. The van der Waals surface area contributed by atoms with Crippen LogP contribution < -0.4 is 10.9 Å². The van der Waals surface area contributed by atoms with Gasteiger partial charge in [-0.25, -0.2) is 0 Å². The summed E-state index contributed by atoms with van der Waals surface area (Å²) in [5.74, 6) is 2.94. The second-order valence-corrected chi connectivity index (χ2v) is 6.95. The minimum Gasteiger partial charge on any atom is -0.326 e. The van der Waals surface area contributed by atoms with Crippen molar-refractivity contribution in [2.24, 2.45) is 17.8 Å². The van der Waals surface area contributed by atoms with E-state index in [1.165, 1.54) is 50.6 Å². The molecule has 2 N–H and O–H groups in total. The predicted molar refractivity (Wildman–Crippen MR) is 79.7 cm³/mol. The van der Waals surface area contributed by atoms with Gasteiger partial charge in [0, 0.05) is 17.8 Å². The third-order valence-corrected chi connectivity index (χ3v) is 5.39. The van der Waals surface area contributed by atoms with Crippen molar-refractivity contribution in [2.75, 3.05) is 6.54 Å². The van der Waals surface area contributed by atoms with E-state index >= 15 is 0 Å². The molecule has 0 aliphatic heterocycles. The molecular weight excluding hydrogens is 248 g/mol. The normalized spacial score (nSPS) is 25.8. The molecule has 0 saturated heterocycles. The van der Waals surface area contributed by atoms with Crippen molar-refractivity contribution in [1.82, 2.24) is 10.3 Å². The maximum Gasteiger partial charge on any atom is 0.248 e. The summed E-state index contributed by atoms with van der Waals surface area (Å²) in [5, 5.41) is 3.82. The van der Waals surface area contributed by atoms with E-state index in [0.717, 1.165) is 29.9 Å². The van der Waals surface area contributed by atoms with Crippen LogP contribution in [0, 0.1) is 17.8 Å². The number of pyridine rings is 1. The number of aromatic nitrogens is 1. The van der Waals surface area contributed by atoms with Crippen LogP contribution in [0.3, 0.4) is 0 Å². The average molecular weight is 272 g/mol. The van der Waals surface area contributed by atoms with Crippen LogP contribution in [0.1, 0.15) is 55.8 Å². The first-order chi connectivity index (χ1) is 9.81. The van der Waals surface area contributed by atoms with Crippen LogP contribution in [0.15, 0.2) is 16.9 Å². The number of hydrogen-bond donors (Lipinski definition) is 2. The van der Waals surface area contributed by atoms with Crippen LogP contribution in [0.4, 0.5) is 0 Å². The molecule has 1 heterocycles. The highest BCUT2D eigenvalue weighted by molar-refractivity contribution is 5.26. The Morgan fingerprint density at radius 2 is 1.90 bits per heavy atom. The van der Waals surface area contributed by atoms with Gasteiger partial charge in [-0.05, 0) is 74.8 Å². The minimum absolute atomic E-state index is 0.0400. The summed E-state index contributed by atoms with van der Waals surface area (Å²) in [5.41, 5.74) is 2.54. The molecule has 1 unspecified atom stereocenters. The molecule has 3 nitrogen and oxygen atoms in total. The van der Waals surface area contributed by atoms with Gasteiger partial charge in [0.1, 0.15) is 0 Å². The molecule has 3 heteroatoms.